The molecule has 1 aromatic carbocycles. The molecule has 254 valence electrons. The number of benzene rings is 1. The van der Waals surface area contributed by atoms with Gasteiger partial charge in [-0.3, -0.25) is 24.1 Å². The second-order valence-electron chi connectivity index (χ2n) is 12.5. The molecular formula is C32H47KN5O8P. The van der Waals surface area contributed by atoms with Gasteiger partial charge in [-0.2, -0.15) is 4.73 Å². The number of para-hydroxylation sites is 1. The predicted octanol–water partition coefficient (Wildman–Crippen LogP) is -1.71. The van der Waals surface area contributed by atoms with Gasteiger partial charge in [0.25, 0.3) is 0 Å². The minimum atomic E-state index is -4.39. The van der Waals surface area contributed by atoms with Gasteiger partial charge in [0.15, 0.2) is 5.78 Å². The Morgan fingerprint density at radius 1 is 1.02 bits per heavy atom. The number of piperidine rings is 1. The number of nitrogens with one attached hydrogen (secondary N) is 3. The number of Topliss-reactive ketones (excluding diaryl/α,β-unsaturated/α-hetero) is 1. The van der Waals surface area contributed by atoms with Gasteiger partial charge in [-0.05, 0) is 49.8 Å². The topological polar surface area (TPSA) is 182 Å². The summed E-state index contributed by atoms with van der Waals surface area (Å²) in [5.41, 5.74) is 1.54. The van der Waals surface area contributed by atoms with Gasteiger partial charge in [0.05, 0.1) is 24.1 Å². The molecule has 2 aliphatic heterocycles. The van der Waals surface area contributed by atoms with E-state index in [0.29, 0.717) is 32.2 Å². The van der Waals surface area contributed by atoms with Crippen LogP contribution in [-0.4, -0.2) is 88.6 Å². The summed E-state index contributed by atoms with van der Waals surface area (Å²) in [6.45, 7) is 4.40. The number of amides is 3. The molecule has 0 radical (unpaired) electrons. The number of rotatable bonds is 11. The first-order valence-corrected chi connectivity index (χ1v) is 18.0. The number of carbonyl (C=O) groups excluding carboxylic acids is 4. The van der Waals surface area contributed by atoms with Crippen LogP contribution in [0.5, 0.6) is 0 Å². The second-order valence-corrected chi connectivity index (χ2v) is 14.3. The number of ketones is 1. The second kappa shape index (κ2) is 18.4. The van der Waals surface area contributed by atoms with Crippen LogP contribution in [-0.2, 0) is 30.2 Å². The third kappa shape index (κ3) is 10.9. The number of carbonyl (C=O) groups is 4. The first-order chi connectivity index (χ1) is 21.9. The van der Waals surface area contributed by atoms with E-state index in [0.717, 1.165) is 29.3 Å². The Balaban J connectivity index is 0.00000600. The molecule has 1 aromatic heterocycles. The van der Waals surface area contributed by atoms with Crippen molar-refractivity contribution in [3.05, 3.63) is 36.0 Å². The number of hydrogen-bond acceptors (Lipinski definition) is 8. The molecule has 0 saturated carbocycles. The summed E-state index contributed by atoms with van der Waals surface area (Å²) in [6, 6.07) is 4.04. The molecule has 2 fully saturated rings. The molecular weight excluding hydrogens is 652 g/mol. The van der Waals surface area contributed by atoms with E-state index < -0.39 is 43.6 Å². The quantitative estimate of drug-likeness (QED) is 0.121. The molecule has 4 rings (SSSR count). The zero-order valence-electron chi connectivity index (χ0n) is 27.9. The van der Waals surface area contributed by atoms with Gasteiger partial charge in [0.1, 0.15) is 26.8 Å². The molecule has 13 nitrogen and oxygen atoms in total. The fourth-order valence-electron chi connectivity index (χ4n) is 6.41. The average molecular weight is 700 g/mol. The van der Waals surface area contributed by atoms with Gasteiger partial charge in [-0.1, -0.05) is 57.7 Å². The fourth-order valence-corrected chi connectivity index (χ4v) is 7.04. The van der Waals surface area contributed by atoms with Crippen LogP contribution in [0.15, 0.2) is 30.5 Å². The largest absolute Gasteiger partial charge is 1.00 e. The summed E-state index contributed by atoms with van der Waals surface area (Å²) in [5.74, 6) is -1.77. The van der Waals surface area contributed by atoms with Crippen LogP contribution in [0.1, 0.15) is 70.8 Å². The van der Waals surface area contributed by atoms with E-state index in [1.165, 1.54) is 7.11 Å². The number of nitrogens with zero attached hydrogens (tertiary/aromatic N) is 2. The maximum atomic E-state index is 14.0. The Kier molecular flexibility index (Phi) is 15.6. The van der Waals surface area contributed by atoms with Crippen molar-refractivity contribution in [2.75, 3.05) is 26.4 Å². The van der Waals surface area contributed by atoms with Gasteiger partial charge in [-0.15, -0.1) is 0 Å². The SMILES string of the molecule is CC[C@H](C)[C@@H]1NC(=O)[C@H](Cc2cn(OC)c3ccccc23)NC(=O)[C@H](CCCCCP(=O)([O-])O)NC(=O)[C@H]2CCCCN2CC1=O.[K+]. The van der Waals surface area contributed by atoms with Crippen molar-refractivity contribution in [2.45, 2.75) is 95.8 Å². The molecule has 6 atom stereocenters. The summed E-state index contributed by atoms with van der Waals surface area (Å²) in [4.78, 5) is 82.9. The Morgan fingerprint density at radius 3 is 2.43 bits per heavy atom. The van der Waals surface area contributed by atoms with E-state index in [1.54, 1.807) is 10.9 Å². The average Bonchev–Trinajstić information content (AvgIpc) is 3.38. The van der Waals surface area contributed by atoms with Crippen LogP contribution in [0.4, 0.5) is 0 Å². The monoisotopic (exact) mass is 699 g/mol. The van der Waals surface area contributed by atoms with Crippen molar-refractivity contribution >= 4 is 42.0 Å². The van der Waals surface area contributed by atoms with Crippen LogP contribution in [0.2, 0.25) is 0 Å². The summed E-state index contributed by atoms with van der Waals surface area (Å²) in [7, 11) is -2.86. The van der Waals surface area contributed by atoms with E-state index in [4.69, 9.17) is 9.73 Å². The third-order valence-corrected chi connectivity index (χ3v) is 10.1. The Bertz CT molecular complexity index is 1450. The molecule has 3 amide bonds. The number of unbranched alkanes of at least 4 members (excludes halogenated alkanes) is 2. The van der Waals surface area contributed by atoms with Gasteiger partial charge in [-0.25, -0.2) is 0 Å². The number of hydrogen-bond donors (Lipinski definition) is 4. The van der Waals surface area contributed by atoms with Gasteiger partial charge in [0.2, 0.25) is 17.7 Å². The third-order valence-electron chi connectivity index (χ3n) is 9.21. The summed E-state index contributed by atoms with van der Waals surface area (Å²) in [6.07, 6.45) is 5.52. The zero-order chi connectivity index (χ0) is 33.4. The van der Waals surface area contributed by atoms with Crippen molar-refractivity contribution in [3.8, 4) is 0 Å². The van der Waals surface area contributed by atoms with Gasteiger partial charge >= 0.3 is 51.4 Å². The molecule has 1 unspecified atom stereocenters. The van der Waals surface area contributed by atoms with Gasteiger partial charge < -0.3 is 35.1 Å². The van der Waals surface area contributed by atoms with Crippen LogP contribution in [0.25, 0.3) is 10.9 Å². The van der Waals surface area contributed by atoms with Crippen LogP contribution in [0.3, 0.4) is 0 Å². The maximum absolute atomic E-state index is 14.0. The summed E-state index contributed by atoms with van der Waals surface area (Å²) < 4.78 is 12.8. The van der Waals surface area contributed by atoms with Crippen molar-refractivity contribution in [2.24, 2.45) is 5.92 Å². The van der Waals surface area contributed by atoms with Crippen LogP contribution < -0.4 is 77.1 Å². The molecule has 0 spiro atoms. The Hall–Kier alpha value is -1.61. The molecule has 4 N–H and O–H groups in total. The molecule has 15 heteroatoms. The molecule has 2 aliphatic rings. The van der Waals surface area contributed by atoms with Crippen molar-refractivity contribution in [3.63, 3.8) is 0 Å². The minimum Gasteiger partial charge on any atom is -0.779 e. The molecule has 2 saturated heterocycles. The standard InChI is InChI=1S/C32H48N5O8P.K/c1-4-21(2)29-28(38)20-36-16-10-9-15-27(36)32(41)33-24(13-6-5-11-17-46(42,43)44)30(39)34-25(31(40)35-29)18-22-19-37(45-3)26-14-8-7-12-23(22)26;/h7-8,12,14,19,21,24-25,27,29H,4-6,9-11,13,15-18,20H2,1-3H3,(H,33,41)(H,34,39)(H,35,40)(H2,42,43,44);/q;+1/p-1/t21-,24-,25-,27+,29-;/m0./s1. The van der Waals surface area contributed by atoms with E-state index >= 15 is 0 Å². The first kappa shape index (κ1) is 39.8. The molecule has 2 aromatic rings. The minimum absolute atomic E-state index is 0. The number of aromatic nitrogens is 1. The predicted molar refractivity (Wildman–Crippen MR) is 171 cm³/mol. The first-order valence-electron chi connectivity index (χ1n) is 16.3. The van der Waals surface area contributed by atoms with Crippen molar-refractivity contribution < 1.29 is 89.8 Å². The van der Waals surface area contributed by atoms with E-state index in [2.05, 4.69) is 16.0 Å². The zero-order valence-corrected chi connectivity index (χ0v) is 31.9. The fraction of sp³-hybridized carbons (Fsp3) is 0.625. The Morgan fingerprint density at radius 2 is 1.72 bits per heavy atom. The summed E-state index contributed by atoms with van der Waals surface area (Å²) in [5, 5.41) is 9.55. The number of fused-ring (bicyclic) bond motifs is 2. The Labute approximate surface area is 318 Å². The van der Waals surface area contributed by atoms with Crippen molar-refractivity contribution in [1.82, 2.24) is 25.6 Å². The van der Waals surface area contributed by atoms with E-state index in [-0.39, 0.29) is 101 Å². The molecule has 3 heterocycles. The van der Waals surface area contributed by atoms with Crippen LogP contribution in [0, 0.1) is 5.92 Å². The molecule has 0 bridgehead atoms. The van der Waals surface area contributed by atoms with Gasteiger partial charge in [0, 0.05) is 24.2 Å². The van der Waals surface area contributed by atoms with E-state index in [9.17, 15) is 28.6 Å². The molecule has 47 heavy (non-hydrogen) atoms. The van der Waals surface area contributed by atoms with E-state index in [1.807, 2.05) is 43.0 Å². The molecule has 0 aliphatic carbocycles. The summed E-state index contributed by atoms with van der Waals surface area (Å²) >= 11 is 0. The normalized spacial score (nSPS) is 25.0. The smallest absolute Gasteiger partial charge is 0.779 e. The maximum Gasteiger partial charge on any atom is 1.00 e. The van der Waals surface area contributed by atoms with Crippen molar-refractivity contribution in [1.29, 1.82) is 0 Å². The van der Waals surface area contributed by atoms with Crippen LogP contribution >= 0.6 is 7.60 Å².